The molecule has 2 unspecified atom stereocenters. The van der Waals surface area contributed by atoms with E-state index in [2.05, 4.69) is 12.2 Å². The Labute approximate surface area is 114 Å². The van der Waals surface area contributed by atoms with Crippen LogP contribution in [-0.4, -0.2) is 18.6 Å². The summed E-state index contributed by atoms with van der Waals surface area (Å²) in [4.78, 5) is 11.7. The molecular formula is C15H22N2O2. The van der Waals surface area contributed by atoms with Crippen molar-refractivity contribution < 1.29 is 9.53 Å². The summed E-state index contributed by atoms with van der Waals surface area (Å²) >= 11 is 0. The van der Waals surface area contributed by atoms with Crippen LogP contribution in [0.3, 0.4) is 0 Å². The van der Waals surface area contributed by atoms with Crippen molar-refractivity contribution in [3.63, 3.8) is 0 Å². The average Bonchev–Trinajstić information content (AvgIpc) is 2.82. The molecule has 1 aliphatic carbocycles. The van der Waals surface area contributed by atoms with Gasteiger partial charge in [-0.1, -0.05) is 19.1 Å². The number of benzene rings is 1. The van der Waals surface area contributed by atoms with Crippen LogP contribution in [0.4, 0.5) is 0 Å². The lowest BCUT2D eigenvalue weighted by Gasteiger charge is -2.13. The van der Waals surface area contributed by atoms with Crippen LogP contribution in [0.15, 0.2) is 24.3 Å². The molecular weight excluding hydrogens is 240 g/mol. The molecule has 4 nitrogen and oxygen atoms in total. The number of nitrogens with one attached hydrogen (secondary N) is 1. The fourth-order valence-electron chi connectivity index (χ4n) is 2.48. The fraction of sp³-hybridized carbons (Fsp3) is 0.533. The Morgan fingerprint density at radius 3 is 2.68 bits per heavy atom. The second kappa shape index (κ2) is 6.57. The molecule has 0 heterocycles. The van der Waals surface area contributed by atoms with Crippen LogP contribution in [0.2, 0.25) is 0 Å². The quantitative estimate of drug-likeness (QED) is 0.851. The SMILES string of the molecule is CC1CCC(NC(=O)COc2ccc(CN)cc2)C1. The topological polar surface area (TPSA) is 64.3 Å². The first kappa shape index (κ1) is 13.9. The normalized spacial score (nSPS) is 22.2. The third kappa shape index (κ3) is 4.24. The number of carbonyl (C=O) groups is 1. The van der Waals surface area contributed by atoms with Crippen LogP contribution in [0.5, 0.6) is 5.75 Å². The van der Waals surface area contributed by atoms with Gasteiger partial charge in [-0.15, -0.1) is 0 Å². The first-order valence-electron chi connectivity index (χ1n) is 6.88. The molecule has 4 heteroatoms. The van der Waals surface area contributed by atoms with Gasteiger partial charge in [-0.3, -0.25) is 4.79 Å². The van der Waals surface area contributed by atoms with E-state index in [0.29, 0.717) is 18.3 Å². The van der Waals surface area contributed by atoms with Crippen LogP contribution in [0, 0.1) is 5.92 Å². The maximum atomic E-state index is 11.7. The molecule has 0 spiro atoms. The van der Waals surface area contributed by atoms with Crippen LogP contribution >= 0.6 is 0 Å². The number of carbonyl (C=O) groups excluding carboxylic acids is 1. The highest BCUT2D eigenvalue weighted by Gasteiger charge is 2.22. The van der Waals surface area contributed by atoms with Crippen molar-refractivity contribution in [3.8, 4) is 5.75 Å². The molecule has 0 bridgehead atoms. The van der Waals surface area contributed by atoms with Gasteiger partial charge < -0.3 is 15.8 Å². The monoisotopic (exact) mass is 262 g/mol. The summed E-state index contributed by atoms with van der Waals surface area (Å²) in [5.41, 5.74) is 6.57. The predicted molar refractivity (Wildman–Crippen MR) is 74.8 cm³/mol. The second-order valence-electron chi connectivity index (χ2n) is 5.32. The summed E-state index contributed by atoms with van der Waals surface area (Å²) < 4.78 is 5.45. The Morgan fingerprint density at radius 1 is 1.37 bits per heavy atom. The highest BCUT2D eigenvalue weighted by molar-refractivity contribution is 5.77. The standard InChI is InChI=1S/C15H22N2O2/c1-11-2-5-13(8-11)17-15(18)10-19-14-6-3-12(9-16)4-7-14/h3-4,6-7,11,13H,2,5,8-10,16H2,1H3,(H,17,18). The Hall–Kier alpha value is -1.55. The highest BCUT2D eigenvalue weighted by Crippen LogP contribution is 2.24. The third-order valence-corrected chi connectivity index (χ3v) is 3.59. The van der Waals surface area contributed by atoms with Gasteiger partial charge in [0.05, 0.1) is 0 Å². The van der Waals surface area contributed by atoms with Crippen molar-refractivity contribution in [2.24, 2.45) is 11.7 Å². The number of nitrogens with two attached hydrogens (primary N) is 1. The maximum Gasteiger partial charge on any atom is 0.258 e. The molecule has 2 atom stereocenters. The minimum Gasteiger partial charge on any atom is -0.484 e. The van der Waals surface area contributed by atoms with Crippen molar-refractivity contribution in [2.45, 2.75) is 38.8 Å². The maximum absolute atomic E-state index is 11.7. The van der Waals surface area contributed by atoms with E-state index in [-0.39, 0.29) is 12.5 Å². The van der Waals surface area contributed by atoms with Crippen molar-refractivity contribution in [1.29, 1.82) is 0 Å². The fourth-order valence-corrected chi connectivity index (χ4v) is 2.48. The molecule has 0 aromatic heterocycles. The van der Waals surface area contributed by atoms with Gasteiger partial charge in [-0.2, -0.15) is 0 Å². The van der Waals surface area contributed by atoms with Gasteiger partial charge in [-0.25, -0.2) is 0 Å². The van der Waals surface area contributed by atoms with Crippen LogP contribution in [0.25, 0.3) is 0 Å². The molecule has 3 N–H and O–H groups in total. The lowest BCUT2D eigenvalue weighted by molar-refractivity contribution is -0.123. The summed E-state index contributed by atoms with van der Waals surface area (Å²) in [6.07, 6.45) is 3.36. The number of rotatable bonds is 5. The molecule has 1 amide bonds. The van der Waals surface area contributed by atoms with Gasteiger partial charge in [0.2, 0.25) is 0 Å². The van der Waals surface area contributed by atoms with Crippen molar-refractivity contribution in [2.75, 3.05) is 6.61 Å². The van der Waals surface area contributed by atoms with Gasteiger partial charge in [0.1, 0.15) is 5.75 Å². The zero-order valence-electron chi connectivity index (χ0n) is 11.4. The molecule has 1 aromatic rings. The van der Waals surface area contributed by atoms with E-state index in [4.69, 9.17) is 10.5 Å². The van der Waals surface area contributed by atoms with E-state index in [1.165, 1.54) is 6.42 Å². The zero-order chi connectivity index (χ0) is 13.7. The minimum absolute atomic E-state index is 0.0398. The lowest BCUT2D eigenvalue weighted by atomic mass is 10.1. The first-order chi connectivity index (χ1) is 9.17. The van der Waals surface area contributed by atoms with E-state index >= 15 is 0 Å². The van der Waals surface area contributed by atoms with Crippen LogP contribution < -0.4 is 15.8 Å². The first-order valence-corrected chi connectivity index (χ1v) is 6.88. The van der Waals surface area contributed by atoms with E-state index in [0.717, 1.165) is 24.3 Å². The summed E-state index contributed by atoms with van der Waals surface area (Å²) in [6, 6.07) is 7.82. The van der Waals surface area contributed by atoms with Crippen molar-refractivity contribution >= 4 is 5.91 Å². The smallest absolute Gasteiger partial charge is 0.258 e. The van der Waals surface area contributed by atoms with Gasteiger partial charge in [0.25, 0.3) is 5.91 Å². The number of hydrogen-bond donors (Lipinski definition) is 2. The molecule has 1 aliphatic rings. The van der Waals surface area contributed by atoms with Crippen LogP contribution in [0.1, 0.15) is 31.7 Å². The zero-order valence-corrected chi connectivity index (χ0v) is 11.4. The molecule has 2 rings (SSSR count). The largest absolute Gasteiger partial charge is 0.484 e. The second-order valence-corrected chi connectivity index (χ2v) is 5.32. The highest BCUT2D eigenvalue weighted by atomic mass is 16.5. The molecule has 104 valence electrons. The van der Waals surface area contributed by atoms with Crippen molar-refractivity contribution in [1.82, 2.24) is 5.32 Å². The Kier molecular flexibility index (Phi) is 4.80. The number of amides is 1. The van der Waals surface area contributed by atoms with Gasteiger partial charge in [0.15, 0.2) is 6.61 Å². The Bertz CT molecular complexity index is 417. The van der Waals surface area contributed by atoms with Gasteiger partial charge >= 0.3 is 0 Å². The lowest BCUT2D eigenvalue weighted by Crippen LogP contribution is -2.36. The minimum atomic E-state index is -0.0398. The summed E-state index contributed by atoms with van der Waals surface area (Å²) in [6.45, 7) is 2.81. The summed E-state index contributed by atoms with van der Waals surface area (Å²) in [5, 5.41) is 3.02. The molecule has 1 aromatic carbocycles. The summed E-state index contributed by atoms with van der Waals surface area (Å²) in [5.74, 6) is 1.38. The van der Waals surface area contributed by atoms with Gasteiger partial charge in [0, 0.05) is 12.6 Å². The molecule has 19 heavy (non-hydrogen) atoms. The third-order valence-electron chi connectivity index (χ3n) is 3.59. The average molecular weight is 262 g/mol. The molecule has 0 saturated heterocycles. The van der Waals surface area contributed by atoms with E-state index in [1.54, 1.807) is 0 Å². The number of ether oxygens (including phenoxy) is 1. The van der Waals surface area contributed by atoms with Crippen molar-refractivity contribution in [3.05, 3.63) is 29.8 Å². The number of hydrogen-bond acceptors (Lipinski definition) is 3. The van der Waals surface area contributed by atoms with E-state index in [9.17, 15) is 4.79 Å². The van der Waals surface area contributed by atoms with Crippen LogP contribution in [-0.2, 0) is 11.3 Å². The predicted octanol–water partition coefficient (Wildman–Crippen LogP) is 1.83. The van der Waals surface area contributed by atoms with E-state index < -0.39 is 0 Å². The van der Waals surface area contributed by atoms with Gasteiger partial charge in [-0.05, 0) is 42.9 Å². The Balaban J connectivity index is 1.73. The Morgan fingerprint density at radius 2 is 2.11 bits per heavy atom. The van der Waals surface area contributed by atoms with E-state index in [1.807, 2.05) is 24.3 Å². The summed E-state index contributed by atoms with van der Waals surface area (Å²) in [7, 11) is 0. The molecule has 0 aliphatic heterocycles. The molecule has 1 fully saturated rings. The molecule has 1 saturated carbocycles. The molecule has 0 radical (unpaired) electrons.